The van der Waals surface area contributed by atoms with Crippen LogP contribution in [0.15, 0.2) is 48.8 Å². The Kier molecular flexibility index (Phi) is 10.0. The topological polar surface area (TPSA) is 159 Å². The number of nitrogens with one attached hydrogen (secondary N) is 1. The van der Waals surface area contributed by atoms with Gasteiger partial charge in [-0.15, -0.1) is 11.6 Å². The van der Waals surface area contributed by atoms with Crippen LogP contribution in [-0.4, -0.2) is 87.2 Å². The Morgan fingerprint density at radius 1 is 1.26 bits per heavy atom. The van der Waals surface area contributed by atoms with Gasteiger partial charge in [0.1, 0.15) is 23.5 Å². The van der Waals surface area contributed by atoms with Crippen molar-refractivity contribution >= 4 is 69.7 Å². The molecule has 1 unspecified atom stereocenters. The fourth-order valence-electron chi connectivity index (χ4n) is 5.03. The van der Waals surface area contributed by atoms with Gasteiger partial charge in [-0.2, -0.15) is 9.97 Å². The van der Waals surface area contributed by atoms with E-state index in [4.69, 9.17) is 47.7 Å². The zero-order valence-corrected chi connectivity index (χ0v) is 28.3. The van der Waals surface area contributed by atoms with E-state index < -0.39 is 49.4 Å². The van der Waals surface area contributed by atoms with Gasteiger partial charge in [-0.1, -0.05) is 36.4 Å². The van der Waals surface area contributed by atoms with Crippen LogP contribution in [-0.2, 0) is 30.6 Å². The smallest absolute Gasteiger partial charge is 0.323 e. The van der Waals surface area contributed by atoms with Crippen molar-refractivity contribution in [3.8, 4) is 5.75 Å². The van der Waals surface area contributed by atoms with Crippen molar-refractivity contribution in [1.29, 1.82) is 0 Å². The highest BCUT2D eigenvalue weighted by molar-refractivity contribution is 8.09. The normalized spacial score (nSPS) is 23.5. The first-order valence-electron chi connectivity index (χ1n) is 14.4. The van der Waals surface area contributed by atoms with Gasteiger partial charge in [-0.25, -0.2) is 14.5 Å². The highest BCUT2D eigenvalue weighted by atomic mass is 35.5. The standard InChI is InChI=1S/C29H36ClFN7O6PS/c1-16(2)42-27(40)17(3)36-45(46,44-20-12-8-10-18-9-6-7-11-19(18)20)41-14-29(13-30)23(39)21(31)26(43-29)38-15-33-22-24(37(4)5)34-28(32)35-25(22)38/h6-12,15-17,21,23,26,39H,13-14H2,1-5H3,(H,36,46)(H2,32,34,35)/t17-,21+,23+,26-,29-,45?/m1/s1. The number of nitrogens with zero attached hydrogens (tertiary/aromatic N) is 5. The highest BCUT2D eigenvalue weighted by Crippen LogP contribution is 2.50. The maximum absolute atomic E-state index is 15.9. The summed E-state index contributed by atoms with van der Waals surface area (Å²) in [5.41, 5.74) is 4.70. The number of benzene rings is 2. The van der Waals surface area contributed by atoms with E-state index in [-0.39, 0.29) is 23.6 Å². The number of aliphatic hydroxyl groups excluding tert-OH is 1. The molecule has 248 valence electrons. The lowest BCUT2D eigenvalue weighted by Crippen LogP contribution is -2.48. The van der Waals surface area contributed by atoms with E-state index in [9.17, 15) is 9.90 Å². The highest BCUT2D eigenvalue weighted by Gasteiger charge is 2.57. The molecule has 2 aromatic heterocycles. The Balaban J connectivity index is 1.46. The van der Waals surface area contributed by atoms with Crippen molar-refractivity contribution in [3.63, 3.8) is 0 Å². The molecule has 4 N–H and O–H groups in total. The van der Waals surface area contributed by atoms with E-state index in [1.165, 1.54) is 10.9 Å². The average Bonchev–Trinajstić information content (AvgIpc) is 3.53. The number of esters is 1. The third-order valence-electron chi connectivity index (χ3n) is 7.32. The molecule has 2 aromatic carbocycles. The van der Waals surface area contributed by atoms with Crippen LogP contribution in [0.25, 0.3) is 21.9 Å². The monoisotopic (exact) mass is 695 g/mol. The van der Waals surface area contributed by atoms with Gasteiger partial charge in [-0.3, -0.25) is 9.36 Å². The Bertz CT molecular complexity index is 1780. The van der Waals surface area contributed by atoms with Crippen LogP contribution in [0.2, 0.25) is 0 Å². The van der Waals surface area contributed by atoms with Crippen LogP contribution in [0.1, 0.15) is 27.0 Å². The molecule has 4 aromatic rings. The van der Waals surface area contributed by atoms with Crippen LogP contribution in [0.5, 0.6) is 5.75 Å². The maximum atomic E-state index is 15.9. The summed E-state index contributed by atoms with van der Waals surface area (Å²) >= 11 is 12.3. The number of alkyl halides is 2. The Morgan fingerprint density at radius 2 is 1.98 bits per heavy atom. The third kappa shape index (κ3) is 6.77. The van der Waals surface area contributed by atoms with Crippen LogP contribution < -0.4 is 20.2 Å². The predicted molar refractivity (Wildman–Crippen MR) is 177 cm³/mol. The van der Waals surface area contributed by atoms with E-state index in [2.05, 4.69) is 20.0 Å². The number of aromatic nitrogens is 4. The molecule has 0 radical (unpaired) electrons. The number of hydrogen-bond donors (Lipinski definition) is 3. The van der Waals surface area contributed by atoms with Crippen molar-refractivity contribution in [2.75, 3.05) is 37.2 Å². The van der Waals surface area contributed by atoms with Gasteiger partial charge in [0, 0.05) is 19.5 Å². The first-order valence-corrected chi connectivity index (χ1v) is 17.6. The summed E-state index contributed by atoms with van der Waals surface area (Å²) < 4.78 is 41.3. The third-order valence-corrected chi connectivity index (χ3v) is 10.2. The molecular formula is C29H36ClFN7O6PS. The lowest BCUT2D eigenvalue weighted by atomic mass is 9.99. The minimum Gasteiger partial charge on any atom is -0.462 e. The van der Waals surface area contributed by atoms with E-state index in [1.54, 1.807) is 51.9 Å². The number of nitrogens with two attached hydrogens (primary N) is 1. The van der Waals surface area contributed by atoms with Gasteiger partial charge in [0.25, 0.3) is 0 Å². The van der Waals surface area contributed by atoms with Crippen molar-refractivity contribution in [3.05, 3.63) is 48.8 Å². The maximum Gasteiger partial charge on any atom is 0.323 e. The number of rotatable bonds is 12. The SMILES string of the molecule is CC(C)OC(=O)[C@@H](C)NP(=S)(OC[C@@]1(CCl)O[C@@H](n2cnc3c(N(C)C)nc(N)nc32)[C@@H](F)[C@@H]1O)Oc1cccc2ccccc12. The van der Waals surface area contributed by atoms with Crippen molar-refractivity contribution in [1.82, 2.24) is 24.6 Å². The Hall–Kier alpha value is -3.17. The van der Waals surface area contributed by atoms with E-state index in [1.807, 2.05) is 30.3 Å². The van der Waals surface area contributed by atoms with E-state index >= 15 is 4.39 Å². The molecule has 0 saturated carbocycles. The molecule has 1 aliphatic rings. The minimum atomic E-state index is -3.65. The molecule has 13 nitrogen and oxygen atoms in total. The van der Waals surface area contributed by atoms with Gasteiger partial charge < -0.3 is 34.3 Å². The molecule has 17 heteroatoms. The summed E-state index contributed by atoms with van der Waals surface area (Å²) in [6.07, 6.45) is -4.19. The number of hydrogen-bond acceptors (Lipinski definition) is 12. The summed E-state index contributed by atoms with van der Waals surface area (Å²) in [7, 11) is 3.51. The number of fused-ring (bicyclic) bond motifs is 2. The second kappa shape index (κ2) is 13.5. The molecule has 0 bridgehead atoms. The number of imidazole rings is 1. The fourth-order valence-corrected chi connectivity index (χ4v) is 7.77. The number of aliphatic hydroxyl groups is 1. The number of anilines is 2. The Morgan fingerprint density at radius 3 is 2.67 bits per heavy atom. The second-order valence-corrected chi connectivity index (χ2v) is 14.8. The molecule has 1 fully saturated rings. The molecule has 6 atom stereocenters. The number of ether oxygens (including phenoxy) is 2. The molecule has 0 aliphatic carbocycles. The van der Waals surface area contributed by atoms with Gasteiger partial charge in [0.2, 0.25) is 5.95 Å². The summed E-state index contributed by atoms with van der Waals surface area (Å²) in [5.74, 6) is -0.197. The van der Waals surface area contributed by atoms with E-state index in [0.29, 0.717) is 17.1 Å². The molecule has 46 heavy (non-hydrogen) atoms. The summed E-state index contributed by atoms with van der Waals surface area (Å²) in [6.45, 7) is 0.865. The summed E-state index contributed by atoms with van der Waals surface area (Å²) in [4.78, 5) is 27.3. The van der Waals surface area contributed by atoms with Crippen LogP contribution in [0.3, 0.4) is 0 Å². The number of carbonyl (C=O) groups excluding carboxylic acids is 1. The molecular weight excluding hydrogens is 660 g/mol. The molecule has 0 amide bonds. The van der Waals surface area contributed by atoms with Crippen molar-refractivity contribution < 1.29 is 32.8 Å². The lowest BCUT2D eigenvalue weighted by molar-refractivity contribution is -0.149. The number of nitrogen functional groups attached to an aromatic ring is 1. The Labute approximate surface area is 275 Å². The van der Waals surface area contributed by atoms with Crippen molar-refractivity contribution in [2.45, 2.75) is 57.0 Å². The van der Waals surface area contributed by atoms with Crippen molar-refractivity contribution in [2.24, 2.45) is 0 Å². The first-order chi connectivity index (χ1) is 21.8. The van der Waals surface area contributed by atoms with Gasteiger partial charge in [0.15, 0.2) is 29.4 Å². The summed E-state index contributed by atoms with van der Waals surface area (Å²) in [5, 5.41) is 15.8. The van der Waals surface area contributed by atoms with Gasteiger partial charge in [-0.05, 0) is 44.0 Å². The zero-order valence-electron chi connectivity index (χ0n) is 25.8. The molecule has 5 rings (SSSR count). The average molecular weight is 696 g/mol. The van der Waals surface area contributed by atoms with Crippen LogP contribution >= 0.6 is 18.2 Å². The number of carbonyl (C=O) groups is 1. The fraction of sp³-hybridized carbons (Fsp3) is 0.448. The second-order valence-electron chi connectivity index (χ2n) is 11.4. The first kappa shape index (κ1) is 34.2. The van der Waals surface area contributed by atoms with Crippen LogP contribution in [0.4, 0.5) is 16.2 Å². The quantitative estimate of drug-likeness (QED) is 0.111. The number of halogens is 2. The van der Waals surface area contributed by atoms with Crippen LogP contribution in [0, 0.1) is 0 Å². The lowest BCUT2D eigenvalue weighted by Gasteiger charge is -2.33. The molecule has 1 aliphatic heterocycles. The summed E-state index contributed by atoms with van der Waals surface area (Å²) in [6, 6.07) is 12.0. The molecule has 0 spiro atoms. The molecule has 1 saturated heterocycles. The minimum absolute atomic E-state index is 0.0543. The molecule has 3 heterocycles. The predicted octanol–water partition coefficient (Wildman–Crippen LogP) is 4.08. The van der Waals surface area contributed by atoms with Gasteiger partial charge >= 0.3 is 12.6 Å². The van der Waals surface area contributed by atoms with E-state index in [0.717, 1.165) is 10.8 Å². The zero-order chi connectivity index (χ0) is 33.4. The largest absolute Gasteiger partial charge is 0.462 e. The van der Waals surface area contributed by atoms with Gasteiger partial charge in [0.05, 0.1) is 24.9 Å².